The fraction of sp³-hybridized carbons (Fsp3) is 0.273. The first-order valence-corrected chi connectivity index (χ1v) is 6.08. The number of hydrogen-bond donors (Lipinski definition) is 0. The van der Waals surface area contributed by atoms with Crippen LogP contribution in [0.15, 0.2) is 29.3 Å². The Hall–Kier alpha value is -0.180. The van der Waals surface area contributed by atoms with E-state index in [9.17, 15) is 0 Å². The van der Waals surface area contributed by atoms with E-state index in [2.05, 4.69) is 22.5 Å². The number of allylic oxidation sites excluding steroid dienone is 1. The molecule has 0 amide bonds. The molecule has 1 aromatic carbocycles. The zero-order chi connectivity index (χ0) is 11.3. The number of ether oxygens (including phenoxy) is 1. The van der Waals surface area contributed by atoms with Gasteiger partial charge in [0.1, 0.15) is 5.75 Å². The summed E-state index contributed by atoms with van der Waals surface area (Å²) in [5, 5.41) is 1.16. The van der Waals surface area contributed by atoms with E-state index in [1.807, 2.05) is 6.08 Å². The smallest absolute Gasteiger partial charge is 0.139 e. The largest absolute Gasteiger partial charge is 0.492 e. The second kappa shape index (κ2) is 6.41. The van der Waals surface area contributed by atoms with Crippen LogP contribution >= 0.6 is 39.1 Å². The molecule has 4 heteroatoms. The van der Waals surface area contributed by atoms with Crippen molar-refractivity contribution in [2.24, 2.45) is 0 Å². The second-order valence-electron chi connectivity index (χ2n) is 2.98. The second-order valence-corrected chi connectivity index (χ2v) is 4.64. The molecular weight excluding hydrogens is 299 g/mol. The van der Waals surface area contributed by atoms with Gasteiger partial charge in [-0.05, 0) is 34.8 Å². The predicted molar refractivity (Wildman–Crippen MR) is 69.1 cm³/mol. The molecule has 0 aliphatic carbocycles. The van der Waals surface area contributed by atoms with Gasteiger partial charge in [0, 0.05) is 10.5 Å². The number of benzene rings is 1. The summed E-state index contributed by atoms with van der Waals surface area (Å²) in [6.07, 6.45) is 3.72. The maximum Gasteiger partial charge on any atom is 0.139 e. The van der Waals surface area contributed by atoms with Crippen molar-refractivity contribution in [3.8, 4) is 5.75 Å². The molecule has 1 rings (SSSR count). The van der Waals surface area contributed by atoms with Crippen LogP contribution in [-0.4, -0.2) is 6.61 Å². The molecule has 0 atom stereocenters. The highest BCUT2D eigenvalue weighted by Gasteiger charge is 2.06. The molecule has 0 aliphatic heterocycles. The van der Waals surface area contributed by atoms with Crippen LogP contribution in [0, 0.1) is 0 Å². The highest BCUT2D eigenvalue weighted by Crippen LogP contribution is 2.34. The third kappa shape index (κ3) is 4.06. The molecular formula is C11H11BrCl2O. The zero-order valence-electron chi connectivity index (χ0n) is 8.10. The van der Waals surface area contributed by atoms with Gasteiger partial charge in [-0.15, -0.1) is 6.58 Å². The molecule has 0 saturated carbocycles. The number of rotatable bonds is 5. The maximum absolute atomic E-state index is 5.98. The zero-order valence-corrected chi connectivity index (χ0v) is 11.2. The number of hydrogen-bond acceptors (Lipinski definition) is 1. The average Bonchev–Trinajstić information content (AvgIpc) is 2.20. The Morgan fingerprint density at radius 1 is 1.33 bits per heavy atom. The monoisotopic (exact) mass is 308 g/mol. The van der Waals surface area contributed by atoms with Gasteiger partial charge in [-0.1, -0.05) is 29.3 Å². The van der Waals surface area contributed by atoms with Crippen LogP contribution in [0.2, 0.25) is 10.0 Å². The molecule has 0 spiro atoms. The van der Waals surface area contributed by atoms with Crippen LogP contribution in [-0.2, 0) is 0 Å². The van der Waals surface area contributed by atoms with Crippen LogP contribution in [0.1, 0.15) is 12.8 Å². The quantitative estimate of drug-likeness (QED) is 0.417. The van der Waals surface area contributed by atoms with Gasteiger partial charge in [0.25, 0.3) is 0 Å². The highest BCUT2D eigenvalue weighted by atomic mass is 79.9. The average molecular weight is 310 g/mol. The summed E-state index contributed by atoms with van der Waals surface area (Å²) in [5.74, 6) is 0.619. The van der Waals surface area contributed by atoms with E-state index in [0.29, 0.717) is 22.4 Å². The van der Waals surface area contributed by atoms with Crippen molar-refractivity contribution in [1.82, 2.24) is 0 Å². The van der Waals surface area contributed by atoms with Gasteiger partial charge in [0.2, 0.25) is 0 Å². The van der Waals surface area contributed by atoms with Crippen molar-refractivity contribution in [3.63, 3.8) is 0 Å². The van der Waals surface area contributed by atoms with E-state index in [4.69, 9.17) is 27.9 Å². The standard InChI is InChI=1S/C11H11BrCl2O/c1-2-3-4-5-15-11-7-9(13)8(12)6-10(11)14/h2,6-7H,1,3-5H2. The molecule has 0 fully saturated rings. The summed E-state index contributed by atoms with van der Waals surface area (Å²) < 4.78 is 6.26. The summed E-state index contributed by atoms with van der Waals surface area (Å²) in [7, 11) is 0. The van der Waals surface area contributed by atoms with Gasteiger partial charge < -0.3 is 4.74 Å². The number of unbranched alkanes of at least 4 members (excludes halogenated alkanes) is 1. The Labute approximate surface area is 108 Å². The summed E-state index contributed by atoms with van der Waals surface area (Å²) in [5.41, 5.74) is 0. The molecule has 0 unspecified atom stereocenters. The third-order valence-electron chi connectivity index (χ3n) is 1.78. The minimum absolute atomic E-state index is 0.560. The van der Waals surface area contributed by atoms with E-state index in [1.54, 1.807) is 12.1 Å². The van der Waals surface area contributed by atoms with Gasteiger partial charge in [0.15, 0.2) is 0 Å². The van der Waals surface area contributed by atoms with Crippen LogP contribution in [0.3, 0.4) is 0 Å². The van der Waals surface area contributed by atoms with Crippen LogP contribution < -0.4 is 4.74 Å². The molecule has 0 radical (unpaired) electrons. The first-order valence-electron chi connectivity index (χ1n) is 4.53. The predicted octanol–water partition coefficient (Wildman–Crippen LogP) is 5.10. The highest BCUT2D eigenvalue weighted by molar-refractivity contribution is 9.10. The lowest BCUT2D eigenvalue weighted by Gasteiger charge is -2.08. The molecule has 0 aromatic heterocycles. The summed E-state index contributed by atoms with van der Waals surface area (Å²) in [4.78, 5) is 0. The molecule has 0 saturated heterocycles. The Kier molecular flexibility index (Phi) is 5.51. The Bertz CT molecular complexity index is 353. The van der Waals surface area contributed by atoms with Crippen molar-refractivity contribution in [2.75, 3.05) is 6.61 Å². The lowest BCUT2D eigenvalue weighted by molar-refractivity contribution is 0.312. The van der Waals surface area contributed by atoms with Crippen molar-refractivity contribution >= 4 is 39.1 Å². The first-order chi connectivity index (χ1) is 7.15. The van der Waals surface area contributed by atoms with Crippen LogP contribution in [0.5, 0.6) is 5.75 Å². The lowest BCUT2D eigenvalue weighted by Crippen LogP contribution is -1.97. The molecule has 0 N–H and O–H groups in total. The summed E-state index contributed by atoms with van der Waals surface area (Å²) in [6.45, 7) is 4.25. The molecule has 15 heavy (non-hydrogen) atoms. The van der Waals surface area contributed by atoms with Crippen LogP contribution in [0.25, 0.3) is 0 Å². The molecule has 0 bridgehead atoms. The minimum atomic E-state index is 0.560. The Morgan fingerprint density at radius 3 is 2.73 bits per heavy atom. The van der Waals surface area contributed by atoms with Crippen molar-refractivity contribution < 1.29 is 4.74 Å². The van der Waals surface area contributed by atoms with Gasteiger partial charge >= 0.3 is 0 Å². The van der Waals surface area contributed by atoms with Gasteiger partial charge in [-0.25, -0.2) is 0 Å². The van der Waals surface area contributed by atoms with E-state index in [1.165, 1.54) is 0 Å². The summed E-state index contributed by atoms with van der Waals surface area (Å²) >= 11 is 15.2. The molecule has 0 heterocycles. The van der Waals surface area contributed by atoms with Crippen molar-refractivity contribution in [2.45, 2.75) is 12.8 Å². The third-order valence-corrected chi connectivity index (χ3v) is 3.28. The van der Waals surface area contributed by atoms with Crippen LogP contribution in [0.4, 0.5) is 0 Å². The molecule has 1 aromatic rings. The van der Waals surface area contributed by atoms with E-state index >= 15 is 0 Å². The SMILES string of the molecule is C=CCCCOc1cc(Cl)c(Br)cc1Cl. The summed E-state index contributed by atoms with van der Waals surface area (Å²) in [6, 6.07) is 3.44. The van der Waals surface area contributed by atoms with Gasteiger partial charge in [-0.2, -0.15) is 0 Å². The maximum atomic E-state index is 5.98. The molecule has 1 nitrogen and oxygen atoms in total. The lowest BCUT2D eigenvalue weighted by atomic mass is 10.3. The fourth-order valence-corrected chi connectivity index (χ4v) is 1.87. The van der Waals surface area contributed by atoms with E-state index in [-0.39, 0.29) is 0 Å². The molecule has 82 valence electrons. The molecule has 0 aliphatic rings. The van der Waals surface area contributed by atoms with Gasteiger partial charge in [0.05, 0.1) is 16.7 Å². The first kappa shape index (κ1) is 12.9. The van der Waals surface area contributed by atoms with Gasteiger partial charge in [-0.3, -0.25) is 0 Å². The van der Waals surface area contributed by atoms with E-state index in [0.717, 1.165) is 17.3 Å². The minimum Gasteiger partial charge on any atom is -0.492 e. The topological polar surface area (TPSA) is 9.23 Å². The normalized spacial score (nSPS) is 10.1. The fourth-order valence-electron chi connectivity index (χ4n) is 1.02. The Balaban J connectivity index is 2.61. The Morgan fingerprint density at radius 2 is 2.07 bits per heavy atom. The van der Waals surface area contributed by atoms with Crippen molar-refractivity contribution in [1.29, 1.82) is 0 Å². The van der Waals surface area contributed by atoms with Crippen molar-refractivity contribution in [3.05, 3.63) is 39.3 Å². The number of halogens is 3. The van der Waals surface area contributed by atoms with E-state index < -0.39 is 0 Å².